The predicted octanol–water partition coefficient (Wildman–Crippen LogP) is 2.07. The molecular formula is C15H23FN2O2. The average molecular weight is 282 g/mol. The number of nitrogens with one attached hydrogen (secondary N) is 2. The minimum atomic E-state index is -0.267. The molecule has 0 saturated heterocycles. The van der Waals surface area contributed by atoms with Gasteiger partial charge in [-0.2, -0.15) is 0 Å². The van der Waals surface area contributed by atoms with Crippen molar-refractivity contribution in [2.24, 2.45) is 5.92 Å². The van der Waals surface area contributed by atoms with Crippen molar-refractivity contribution in [1.82, 2.24) is 10.6 Å². The lowest BCUT2D eigenvalue weighted by Crippen LogP contribution is -2.43. The van der Waals surface area contributed by atoms with E-state index >= 15 is 0 Å². The van der Waals surface area contributed by atoms with Gasteiger partial charge in [-0.1, -0.05) is 19.1 Å². The molecule has 0 radical (unpaired) electrons. The second-order valence-corrected chi connectivity index (χ2v) is 5.21. The Morgan fingerprint density at radius 2 is 2.15 bits per heavy atom. The number of rotatable bonds is 7. The molecule has 2 unspecified atom stereocenters. The van der Waals surface area contributed by atoms with Crippen LogP contribution >= 0.6 is 0 Å². The number of aliphatic hydroxyl groups excluding tert-OH is 1. The molecule has 0 fully saturated rings. The first kappa shape index (κ1) is 16.4. The van der Waals surface area contributed by atoms with Crippen LogP contribution in [0.2, 0.25) is 0 Å². The molecule has 1 rings (SSSR count). The number of hydrogen-bond acceptors (Lipinski definition) is 2. The first-order valence-corrected chi connectivity index (χ1v) is 6.91. The number of aliphatic hydroxyl groups is 1. The summed E-state index contributed by atoms with van der Waals surface area (Å²) in [6, 6.07) is 6.05. The van der Waals surface area contributed by atoms with Crippen molar-refractivity contribution in [3.63, 3.8) is 0 Å². The van der Waals surface area contributed by atoms with Crippen molar-refractivity contribution < 1.29 is 14.3 Å². The summed E-state index contributed by atoms with van der Waals surface area (Å²) in [6.45, 7) is 4.49. The zero-order chi connectivity index (χ0) is 15.0. The van der Waals surface area contributed by atoms with E-state index < -0.39 is 0 Å². The summed E-state index contributed by atoms with van der Waals surface area (Å²) in [5.41, 5.74) is 0.853. The lowest BCUT2D eigenvalue weighted by molar-refractivity contribution is 0.231. The molecule has 0 bridgehead atoms. The molecule has 0 aliphatic heterocycles. The van der Waals surface area contributed by atoms with Crippen molar-refractivity contribution >= 4 is 6.03 Å². The van der Waals surface area contributed by atoms with Gasteiger partial charge in [0.25, 0.3) is 0 Å². The maximum Gasteiger partial charge on any atom is 0.315 e. The van der Waals surface area contributed by atoms with Gasteiger partial charge in [0, 0.05) is 19.2 Å². The summed E-state index contributed by atoms with van der Waals surface area (Å²) >= 11 is 0. The van der Waals surface area contributed by atoms with E-state index in [1.54, 1.807) is 6.07 Å². The quantitative estimate of drug-likeness (QED) is 0.717. The molecule has 4 nitrogen and oxygen atoms in total. The molecule has 1 aromatic rings. The van der Waals surface area contributed by atoms with Crippen LogP contribution in [0.1, 0.15) is 25.8 Å². The zero-order valence-corrected chi connectivity index (χ0v) is 12.0. The van der Waals surface area contributed by atoms with Crippen LogP contribution in [0.4, 0.5) is 9.18 Å². The van der Waals surface area contributed by atoms with Crippen molar-refractivity contribution in [2.45, 2.75) is 32.7 Å². The van der Waals surface area contributed by atoms with Crippen molar-refractivity contribution in [3.05, 3.63) is 35.6 Å². The van der Waals surface area contributed by atoms with Crippen molar-refractivity contribution in [1.29, 1.82) is 0 Å². The second-order valence-electron chi connectivity index (χ2n) is 5.21. The molecular weight excluding hydrogens is 259 g/mol. The number of carbonyl (C=O) groups excluding carboxylic acids is 1. The molecule has 3 N–H and O–H groups in total. The standard InChI is InChI=1S/C15H23FN2O2/c1-11(6-7-19)10-17-15(20)18-12(2)8-13-4-3-5-14(16)9-13/h3-5,9,11-12,19H,6-8,10H2,1-2H3,(H2,17,18,20). The first-order chi connectivity index (χ1) is 9.51. The van der Waals surface area contributed by atoms with Crippen LogP contribution in [0.15, 0.2) is 24.3 Å². The van der Waals surface area contributed by atoms with Gasteiger partial charge in [-0.15, -0.1) is 0 Å². The van der Waals surface area contributed by atoms with Crippen LogP contribution in [0.3, 0.4) is 0 Å². The lowest BCUT2D eigenvalue weighted by atomic mass is 10.1. The molecule has 0 spiro atoms. The normalized spacial score (nSPS) is 13.6. The van der Waals surface area contributed by atoms with E-state index in [1.165, 1.54) is 12.1 Å². The molecule has 0 heterocycles. The van der Waals surface area contributed by atoms with Crippen LogP contribution in [0, 0.1) is 11.7 Å². The summed E-state index contributed by atoms with van der Waals surface area (Å²) in [5, 5.41) is 14.3. The van der Waals surface area contributed by atoms with E-state index in [1.807, 2.05) is 19.9 Å². The third-order valence-electron chi connectivity index (χ3n) is 3.04. The number of urea groups is 1. The van der Waals surface area contributed by atoms with Gasteiger partial charge in [-0.05, 0) is 43.4 Å². The van der Waals surface area contributed by atoms with Crippen LogP contribution in [-0.2, 0) is 6.42 Å². The molecule has 20 heavy (non-hydrogen) atoms. The van der Waals surface area contributed by atoms with Gasteiger partial charge in [-0.25, -0.2) is 9.18 Å². The smallest absolute Gasteiger partial charge is 0.315 e. The molecule has 0 saturated carbocycles. The minimum Gasteiger partial charge on any atom is -0.396 e. The molecule has 112 valence electrons. The van der Waals surface area contributed by atoms with Gasteiger partial charge in [-0.3, -0.25) is 0 Å². The fourth-order valence-corrected chi connectivity index (χ4v) is 1.93. The number of amides is 2. The molecule has 5 heteroatoms. The highest BCUT2D eigenvalue weighted by molar-refractivity contribution is 5.74. The lowest BCUT2D eigenvalue weighted by Gasteiger charge is -2.16. The first-order valence-electron chi connectivity index (χ1n) is 6.91. The van der Waals surface area contributed by atoms with Gasteiger partial charge < -0.3 is 15.7 Å². The SMILES string of the molecule is CC(CCO)CNC(=O)NC(C)Cc1cccc(F)c1. The van der Waals surface area contributed by atoms with E-state index in [-0.39, 0.29) is 30.4 Å². The highest BCUT2D eigenvalue weighted by Gasteiger charge is 2.09. The van der Waals surface area contributed by atoms with E-state index in [9.17, 15) is 9.18 Å². The molecule has 0 aliphatic rings. The van der Waals surface area contributed by atoms with Crippen molar-refractivity contribution in [3.8, 4) is 0 Å². The Labute approximate surface area is 119 Å². The topological polar surface area (TPSA) is 61.4 Å². The van der Waals surface area contributed by atoms with E-state index in [2.05, 4.69) is 10.6 Å². The summed E-state index contributed by atoms with van der Waals surface area (Å²) < 4.78 is 13.0. The maximum absolute atomic E-state index is 13.0. The summed E-state index contributed by atoms with van der Waals surface area (Å²) in [4.78, 5) is 11.7. The van der Waals surface area contributed by atoms with E-state index in [0.29, 0.717) is 19.4 Å². The monoisotopic (exact) mass is 282 g/mol. The summed E-state index contributed by atoms with van der Waals surface area (Å²) in [6.07, 6.45) is 1.25. The maximum atomic E-state index is 13.0. The van der Waals surface area contributed by atoms with Crippen LogP contribution < -0.4 is 10.6 Å². The molecule has 1 aromatic carbocycles. The average Bonchev–Trinajstić information content (AvgIpc) is 2.36. The molecule has 0 aliphatic carbocycles. The Morgan fingerprint density at radius 1 is 1.40 bits per heavy atom. The van der Waals surface area contributed by atoms with Gasteiger partial charge in [0.2, 0.25) is 0 Å². The van der Waals surface area contributed by atoms with Crippen molar-refractivity contribution in [2.75, 3.05) is 13.2 Å². The second kappa shape index (κ2) is 8.53. The fourth-order valence-electron chi connectivity index (χ4n) is 1.93. The number of benzene rings is 1. The summed E-state index contributed by atoms with van der Waals surface area (Å²) in [5.74, 6) is -0.0266. The highest BCUT2D eigenvalue weighted by atomic mass is 19.1. The number of halogens is 1. The van der Waals surface area contributed by atoms with Gasteiger partial charge >= 0.3 is 6.03 Å². The number of hydrogen-bond donors (Lipinski definition) is 3. The van der Waals surface area contributed by atoms with E-state index in [0.717, 1.165) is 5.56 Å². The largest absolute Gasteiger partial charge is 0.396 e. The molecule has 2 amide bonds. The third kappa shape index (κ3) is 6.52. The fraction of sp³-hybridized carbons (Fsp3) is 0.533. The third-order valence-corrected chi connectivity index (χ3v) is 3.04. The Kier molecular flexibility index (Phi) is 7.01. The van der Waals surface area contributed by atoms with Gasteiger partial charge in [0.05, 0.1) is 0 Å². The summed E-state index contributed by atoms with van der Waals surface area (Å²) in [7, 11) is 0. The van der Waals surface area contributed by atoms with E-state index in [4.69, 9.17) is 5.11 Å². The zero-order valence-electron chi connectivity index (χ0n) is 12.0. The molecule has 0 aromatic heterocycles. The van der Waals surface area contributed by atoms with Crippen LogP contribution in [-0.4, -0.2) is 30.3 Å². The molecule has 2 atom stereocenters. The Bertz CT molecular complexity index is 426. The van der Waals surface area contributed by atoms with Crippen LogP contribution in [0.25, 0.3) is 0 Å². The van der Waals surface area contributed by atoms with Crippen LogP contribution in [0.5, 0.6) is 0 Å². The predicted molar refractivity (Wildman–Crippen MR) is 77.0 cm³/mol. The minimum absolute atomic E-state index is 0.0788. The highest BCUT2D eigenvalue weighted by Crippen LogP contribution is 2.06. The Morgan fingerprint density at radius 3 is 2.80 bits per heavy atom. The van der Waals surface area contributed by atoms with Gasteiger partial charge in [0.1, 0.15) is 5.82 Å². The Balaban J connectivity index is 2.31. The number of carbonyl (C=O) groups is 1. The Hall–Kier alpha value is -1.62. The van der Waals surface area contributed by atoms with Gasteiger partial charge in [0.15, 0.2) is 0 Å².